The summed E-state index contributed by atoms with van der Waals surface area (Å²) in [6, 6.07) is 16.8. The Kier molecular flexibility index (Phi) is 4.28. The van der Waals surface area contributed by atoms with E-state index in [1.165, 1.54) is 27.7 Å². The molecule has 25 heavy (non-hydrogen) atoms. The first-order valence-electron chi connectivity index (χ1n) is 8.52. The lowest BCUT2D eigenvalue weighted by Gasteiger charge is -2.06. The minimum atomic E-state index is 0.932. The number of para-hydroxylation sites is 1. The maximum absolute atomic E-state index is 4.84. The summed E-state index contributed by atoms with van der Waals surface area (Å²) in [5.74, 6) is 0. The molecule has 4 heteroatoms. The molecule has 4 rings (SSSR count). The lowest BCUT2D eigenvalue weighted by molar-refractivity contribution is 0.660. The highest BCUT2D eigenvalue weighted by atomic mass is 32.1. The Balaban J connectivity index is 1.63. The molecule has 0 unspecified atom stereocenters. The molecule has 0 aliphatic rings. The number of fused-ring (bicyclic) bond motifs is 1. The highest BCUT2D eigenvalue weighted by molar-refractivity contribution is 7.07. The third kappa shape index (κ3) is 3.30. The SMILES string of the molecule is Cc1ccc(N=c2scc(C)n2CCc2c[nH]c3ccccc23)cc1. The summed E-state index contributed by atoms with van der Waals surface area (Å²) in [7, 11) is 0. The fourth-order valence-electron chi connectivity index (χ4n) is 3.08. The van der Waals surface area contributed by atoms with Crippen LogP contribution in [0.2, 0.25) is 0 Å². The third-order valence-corrected chi connectivity index (χ3v) is 5.51. The number of aromatic amines is 1. The lowest BCUT2D eigenvalue weighted by Crippen LogP contribution is -2.17. The second-order valence-electron chi connectivity index (χ2n) is 6.37. The molecular weight excluding hydrogens is 326 g/mol. The average molecular weight is 347 g/mol. The van der Waals surface area contributed by atoms with Crippen LogP contribution in [0.5, 0.6) is 0 Å². The Morgan fingerprint density at radius 1 is 1.04 bits per heavy atom. The number of nitrogens with zero attached hydrogens (tertiary/aromatic N) is 2. The molecule has 2 heterocycles. The maximum Gasteiger partial charge on any atom is 0.190 e. The first kappa shape index (κ1) is 15.9. The number of H-pyrrole nitrogens is 1. The van der Waals surface area contributed by atoms with Gasteiger partial charge in [-0.15, -0.1) is 11.3 Å². The lowest BCUT2D eigenvalue weighted by atomic mass is 10.1. The van der Waals surface area contributed by atoms with Crippen molar-refractivity contribution in [2.45, 2.75) is 26.8 Å². The van der Waals surface area contributed by atoms with Gasteiger partial charge in [0.1, 0.15) is 0 Å². The molecule has 0 radical (unpaired) electrons. The van der Waals surface area contributed by atoms with E-state index in [1.54, 1.807) is 11.3 Å². The van der Waals surface area contributed by atoms with Gasteiger partial charge in [0.2, 0.25) is 0 Å². The van der Waals surface area contributed by atoms with Crippen LogP contribution in [-0.4, -0.2) is 9.55 Å². The fraction of sp³-hybridized carbons (Fsp3) is 0.190. The zero-order valence-electron chi connectivity index (χ0n) is 14.5. The number of nitrogens with one attached hydrogen (secondary N) is 1. The van der Waals surface area contributed by atoms with Crippen LogP contribution < -0.4 is 4.80 Å². The van der Waals surface area contributed by atoms with Crippen molar-refractivity contribution in [3.8, 4) is 0 Å². The molecule has 0 saturated heterocycles. The van der Waals surface area contributed by atoms with Gasteiger partial charge in [0.05, 0.1) is 5.69 Å². The van der Waals surface area contributed by atoms with Gasteiger partial charge >= 0.3 is 0 Å². The van der Waals surface area contributed by atoms with E-state index in [-0.39, 0.29) is 0 Å². The molecule has 126 valence electrons. The van der Waals surface area contributed by atoms with Gasteiger partial charge in [-0.3, -0.25) is 0 Å². The van der Waals surface area contributed by atoms with Gasteiger partial charge in [0.15, 0.2) is 4.80 Å². The van der Waals surface area contributed by atoms with E-state index in [2.05, 4.69) is 83.5 Å². The Labute approximate surface area is 151 Å². The minimum Gasteiger partial charge on any atom is -0.361 e. The molecule has 2 aromatic heterocycles. The van der Waals surface area contributed by atoms with E-state index in [1.807, 2.05) is 0 Å². The van der Waals surface area contributed by atoms with Crippen LogP contribution in [0, 0.1) is 13.8 Å². The highest BCUT2D eigenvalue weighted by Crippen LogP contribution is 2.19. The molecule has 0 bridgehead atoms. The van der Waals surface area contributed by atoms with Gasteiger partial charge in [-0.1, -0.05) is 35.9 Å². The summed E-state index contributed by atoms with van der Waals surface area (Å²) < 4.78 is 2.31. The van der Waals surface area contributed by atoms with Crippen LogP contribution in [0.15, 0.2) is 65.1 Å². The first-order chi connectivity index (χ1) is 12.2. The quantitative estimate of drug-likeness (QED) is 0.531. The van der Waals surface area contributed by atoms with Crippen molar-refractivity contribution in [3.05, 3.63) is 81.7 Å². The van der Waals surface area contributed by atoms with E-state index >= 15 is 0 Å². The Morgan fingerprint density at radius 3 is 2.68 bits per heavy atom. The Morgan fingerprint density at radius 2 is 1.84 bits per heavy atom. The number of hydrogen-bond acceptors (Lipinski definition) is 2. The number of aromatic nitrogens is 2. The van der Waals surface area contributed by atoms with E-state index in [0.717, 1.165) is 23.5 Å². The van der Waals surface area contributed by atoms with Gasteiger partial charge in [-0.05, 0) is 44.0 Å². The molecule has 0 aliphatic heterocycles. The van der Waals surface area contributed by atoms with Gasteiger partial charge in [-0.25, -0.2) is 4.99 Å². The number of aryl methyl sites for hydroxylation is 3. The standard InChI is InChI=1S/C21H21N3S/c1-15-7-9-18(10-8-15)23-21-24(16(2)14-25-21)12-11-17-13-22-20-6-4-3-5-19(17)20/h3-10,13-14,22H,11-12H2,1-2H3. The van der Waals surface area contributed by atoms with Crippen LogP contribution in [0.1, 0.15) is 16.8 Å². The molecule has 0 spiro atoms. The van der Waals surface area contributed by atoms with Crippen LogP contribution in [0.4, 0.5) is 5.69 Å². The van der Waals surface area contributed by atoms with E-state index in [4.69, 9.17) is 4.99 Å². The molecule has 0 amide bonds. The largest absolute Gasteiger partial charge is 0.361 e. The second kappa shape index (κ2) is 6.73. The number of hydrogen-bond donors (Lipinski definition) is 1. The highest BCUT2D eigenvalue weighted by Gasteiger charge is 2.06. The van der Waals surface area contributed by atoms with Crippen molar-refractivity contribution in [3.63, 3.8) is 0 Å². The summed E-state index contributed by atoms with van der Waals surface area (Å²) in [5, 5.41) is 3.50. The third-order valence-electron chi connectivity index (χ3n) is 4.53. The summed E-state index contributed by atoms with van der Waals surface area (Å²) >= 11 is 1.70. The van der Waals surface area contributed by atoms with Gasteiger partial charge in [-0.2, -0.15) is 0 Å². The summed E-state index contributed by atoms with van der Waals surface area (Å²) in [4.78, 5) is 9.26. The van der Waals surface area contributed by atoms with Crippen molar-refractivity contribution in [2.24, 2.45) is 4.99 Å². The molecule has 3 nitrogen and oxygen atoms in total. The van der Waals surface area contributed by atoms with Crippen molar-refractivity contribution in [2.75, 3.05) is 0 Å². The van der Waals surface area contributed by atoms with Gasteiger partial charge in [0, 0.05) is 34.7 Å². The smallest absolute Gasteiger partial charge is 0.190 e. The normalized spacial score (nSPS) is 12.2. The maximum atomic E-state index is 4.84. The molecule has 0 atom stereocenters. The zero-order chi connectivity index (χ0) is 17.2. The van der Waals surface area contributed by atoms with Crippen molar-refractivity contribution in [1.82, 2.24) is 9.55 Å². The summed E-state index contributed by atoms with van der Waals surface area (Å²) in [5.41, 5.74) is 6.08. The number of benzene rings is 2. The van der Waals surface area contributed by atoms with Crippen molar-refractivity contribution >= 4 is 27.9 Å². The predicted molar refractivity (Wildman–Crippen MR) is 105 cm³/mol. The molecule has 2 aromatic carbocycles. The molecule has 1 N–H and O–H groups in total. The van der Waals surface area contributed by atoms with Crippen LogP contribution in [0.25, 0.3) is 10.9 Å². The Hall–Kier alpha value is -2.59. The first-order valence-corrected chi connectivity index (χ1v) is 9.40. The minimum absolute atomic E-state index is 0.932. The van der Waals surface area contributed by atoms with Crippen LogP contribution in [-0.2, 0) is 13.0 Å². The molecule has 4 aromatic rings. The van der Waals surface area contributed by atoms with Crippen molar-refractivity contribution in [1.29, 1.82) is 0 Å². The van der Waals surface area contributed by atoms with E-state index in [0.29, 0.717) is 0 Å². The number of thiazole rings is 1. The van der Waals surface area contributed by atoms with Crippen LogP contribution >= 0.6 is 11.3 Å². The number of rotatable bonds is 4. The monoisotopic (exact) mass is 347 g/mol. The van der Waals surface area contributed by atoms with Gasteiger partial charge < -0.3 is 9.55 Å². The van der Waals surface area contributed by atoms with Crippen LogP contribution in [0.3, 0.4) is 0 Å². The second-order valence-corrected chi connectivity index (χ2v) is 7.20. The molecule has 0 fully saturated rings. The topological polar surface area (TPSA) is 33.1 Å². The fourth-order valence-corrected chi connectivity index (χ4v) is 4.00. The van der Waals surface area contributed by atoms with Crippen molar-refractivity contribution < 1.29 is 0 Å². The average Bonchev–Trinajstić information content (AvgIpc) is 3.19. The summed E-state index contributed by atoms with van der Waals surface area (Å²) in [6.45, 7) is 5.18. The molecule has 0 aliphatic carbocycles. The van der Waals surface area contributed by atoms with E-state index < -0.39 is 0 Å². The Bertz CT molecular complexity index is 1060. The van der Waals surface area contributed by atoms with E-state index in [9.17, 15) is 0 Å². The molecular formula is C21H21N3S. The zero-order valence-corrected chi connectivity index (χ0v) is 15.3. The predicted octanol–water partition coefficient (Wildman–Crippen LogP) is 5.12. The summed E-state index contributed by atoms with van der Waals surface area (Å²) in [6.07, 6.45) is 3.12. The molecule has 0 saturated carbocycles. The van der Waals surface area contributed by atoms with Gasteiger partial charge in [0.25, 0.3) is 0 Å².